The van der Waals surface area contributed by atoms with Crippen molar-refractivity contribution in [3.63, 3.8) is 0 Å². The van der Waals surface area contributed by atoms with Gasteiger partial charge in [0.25, 0.3) is 0 Å². The summed E-state index contributed by atoms with van der Waals surface area (Å²) in [5.74, 6) is -1.55. The summed E-state index contributed by atoms with van der Waals surface area (Å²) < 4.78 is 15.6. The third kappa shape index (κ3) is 1.81. The maximum Gasteiger partial charge on any atom is 0.307 e. The molecule has 1 aliphatic carbocycles. The van der Waals surface area contributed by atoms with E-state index in [2.05, 4.69) is 0 Å². The van der Waals surface area contributed by atoms with Crippen molar-refractivity contribution in [3.8, 4) is 0 Å². The third-order valence-electron chi connectivity index (χ3n) is 4.19. The van der Waals surface area contributed by atoms with Gasteiger partial charge < -0.3 is 10.2 Å². The highest BCUT2D eigenvalue weighted by Crippen LogP contribution is 2.37. The highest BCUT2D eigenvalue weighted by atomic mass is 19.1. The van der Waals surface area contributed by atoms with E-state index in [0.717, 1.165) is 5.56 Å². The molecule has 4 nitrogen and oxygen atoms in total. The Kier molecular flexibility index (Phi) is 3.01. The average molecular weight is 277 g/mol. The fourth-order valence-corrected chi connectivity index (χ4v) is 3.24. The van der Waals surface area contributed by atoms with Crippen molar-refractivity contribution in [1.29, 1.82) is 0 Å². The van der Waals surface area contributed by atoms with Crippen molar-refractivity contribution in [2.75, 3.05) is 0 Å². The number of carbonyl (C=O) groups is 1. The summed E-state index contributed by atoms with van der Waals surface area (Å²) in [6.45, 7) is 1.85. The van der Waals surface area contributed by atoms with Crippen LogP contribution in [0.2, 0.25) is 0 Å². The number of aliphatic hydroxyl groups excluding tert-OH is 1. The molecular weight excluding hydrogens is 261 g/mol. The van der Waals surface area contributed by atoms with Gasteiger partial charge in [-0.25, -0.2) is 0 Å². The molecule has 0 radical (unpaired) electrons. The van der Waals surface area contributed by atoms with Crippen molar-refractivity contribution < 1.29 is 19.4 Å². The van der Waals surface area contributed by atoms with Gasteiger partial charge >= 0.3 is 5.97 Å². The van der Waals surface area contributed by atoms with Crippen molar-refractivity contribution >= 4 is 11.5 Å². The number of fused-ring (bicyclic) bond motifs is 3. The van der Waals surface area contributed by atoms with Crippen molar-refractivity contribution in [3.05, 3.63) is 41.0 Å². The second kappa shape index (κ2) is 4.59. The number of hydrogen-bond acceptors (Lipinski definition) is 2. The molecule has 0 aromatic carbocycles. The fraction of sp³-hybridized carbons (Fsp3) is 0.400. The number of rotatable bonds is 2. The monoisotopic (exact) mass is 277 g/mol. The van der Waals surface area contributed by atoms with Gasteiger partial charge in [-0.05, 0) is 36.1 Å². The zero-order chi connectivity index (χ0) is 14.4. The Balaban J connectivity index is 2.34. The number of aromatic nitrogens is 1. The maximum atomic E-state index is 14.2. The molecule has 2 atom stereocenters. The molecule has 2 aromatic heterocycles. The Morgan fingerprint density at radius 3 is 2.95 bits per heavy atom. The van der Waals surface area contributed by atoms with Crippen LogP contribution < -0.4 is 0 Å². The van der Waals surface area contributed by atoms with E-state index in [1.165, 1.54) is 10.5 Å². The van der Waals surface area contributed by atoms with Gasteiger partial charge in [-0.15, -0.1) is 0 Å². The molecule has 2 heterocycles. The molecule has 0 aliphatic heterocycles. The van der Waals surface area contributed by atoms with Crippen LogP contribution in [0.1, 0.15) is 36.1 Å². The van der Waals surface area contributed by atoms with Crippen LogP contribution in [0.5, 0.6) is 0 Å². The van der Waals surface area contributed by atoms with Crippen LogP contribution in [0.4, 0.5) is 4.39 Å². The summed E-state index contributed by atoms with van der Waals surface area (Å²) in [6.07, 6.45) is 0.535. The van der Waals surface area contributed by atoms with Crippen LogP contribution in [-0.4, -0.2) is 26.7 Å². The van der Waals surface area contributed by atoms with Crippen LogP contribution in [0, 0.1) is 5.95 Å². The van der Waals surface area contributed by atoms with Crippen LogP contribution in [0.25, 0.3) is 5.52 Å². The van der Waals surface area contributed by atoms with Crippen LogP contribution >= 0.6 is 0 Å². The number of nitrogens with zero attached hydrogens (tertiary/aromatic N) is 1. The number of pyridine rings is 1. The lowest BCUT2D eigenvalue weighted by molar-refractivity contribution is -0.136. The molecular formula is C15H16FNO3. The van der Waals surface area contributed by atoms with Gasteiger partial charge in [0.1, 0.15) is 0 Å². The summed E-state index contributed by atoms with van der Waals surface area (Å²) in [5, 5.41) is 19.1. The zero-order valence-corrected chi connectivity index (χ0v) is 11.1. The van der Waals surface area contributed by atoms with Crippen molar-refractivity contribution in [2.24, 2.45) is 0 Å². The molecule has 0 bridgehead atoms. The maximum absolute atomic E-state index is 14.2. The summed E-state index contributed by atoms with van der Waals surface area (Å²) in [7, 11) is 0. The molecule has 0 fully saturated rings. The standard InChI is InChI=1S/C15H16FNO3/c1-8-12(18)6-5-9-10(7-14(19)20)11-3-2-4-13(16)17(11)15(8)9/h2-4,8,12,18H,5-7H2,1H3,(H,19,20). The van der Waals surface area contributed by atoms with E-state index in [0.29, 0.717) is 29.6 Å². The normalized spacial score (nSPS) is 21.9. The third-order valence-corrected chi connectivity index (χ3v) is 4.19. The van der Waals surface area contributed by atoms with Gasteiger partial charge in [0.05, 0.1) is 18.0 Å². The van der Waals surface area contributed by atoms with Gasteiger partial charge in [-0.3, -0.25) is 9.20 Å². The van der Waals surface area contributed by atoms with E-state index in [9.17, 15) is 14.3 Å². The SMILES string of the molecule is CC1c2c(c(CC(=O)O)c3cccc(F)n23)CCC1O. The first-order chi connectivity index (χ1) is 9.50. The first kappa shape index (κ1) is 13.1. The molecule has 0 amide bonds. The number of carboxylic acid groups (broad SMARTS) is 1. The summed E-state index contributed by atoms with van der Waals surface area (Å²) >= 11 is 0. The second-order valence-corrected chi connectivity index (χ2v) is 5.38. The van der Waals surface area contributed by atoms with Crippen molar-refractivity contribution in [1.82, 2.24) is 4.40 Å². The summed E-state index contributed by atoms with van der Waals surface area (Å²) in [5.41, 5.74) is 2.87. The molecule has 20 heavy (non-hydrogen) atoms. The highest BCUT2D eigenvalue weighted by molar-refractivity contribution is 5.77. The minimum absolute atomic E-state index is 0.120. The average Bonchev–Trinajstić information content (AvgIpc) is 2.70. The molecule has 5 heteroatoms. The van der Waals surface area contributed by atoms with E-state index in [1.807, 2.05) is 6.92 Å². The molecule has 0 saturated carbocycles. The highest BCUT2D eigenvalue weighted by Gasteiger charge is 2.32. The Hall–Kier alpha value is -1.88. The first-order valence-electron chi connectivity index (χ1n) is 6.71. The van der Waals surface area contributed by atoms with Gasteiger partial charge in [-0.2, -0.15) is 4.39 Å². The lowest BCUT2D eigenvalue weighted by Gasteiger charge is -2.26. The second-order valence-electron chi connectivity index (χ2n) is 5.38. The van der Waals surface area contributed by atoms with Gasteiger partial charge in [0.2, 0.25) is 0 Å². The number of carboxylic acids is 1. The number of hydrogen-bond donors (Lipinski definition) is 2. The number of halogens is 1. The largest absolute Gasteiger partial charge is 0.481 e. The molecule has 3 rings (SSSR count). The van der Waals surface area contributed by atoms with Crippen LogP contribution in [0.15, 0.2) is 18.2 Å². The van der Waals surface area contributed by atoms with E-state index in [1.54, 1.807) is 12.1 Å². The minimum atomic E-state index is -0.927. The van der Waals surface area contributed by atoms with Gasteiger partial charge in [0.15, 0.2) is 5.95 Å². The molecule has 2 N–H and O–H groups in total. The first-order valence-corrected chi connectivity index (χ1v) is 6.71. The fourth-order valence-electron chi connectivity index (χ4n) is 3.24. The predicted octanol–water partition coefficient (Wildman–Crippen LogP) is 2.12. The molecule has 0 spiro atoms. The summed E-state index contributed by atoms with van der Waals surface area (Å²) in [6, 6.07) is 4.67. The van der Waals surface area contributed by atoms with E-state index >= 15 is 0 Å². The van der Waals surface area contributed by atoms with Crippen molar-refractivity contribution in [2.45, 2.75) is 38.2 Å². The number of aliphatic hydroxyl groups is 1. The summed E-state index contributed by atoms with van der Waals surface area (Å²) in [4.78, 5) is 11.1. The molecule has 106 valence electrons. The van der Waals surface area contributed by atoms with E-state index < -0.39 is 18.0 Å². The predicted molar refractivity (Wildman–Crippen MR) is 71.4 cm³/mol. The minimum Gasteiger partial charge on any atom is -0.481 e. The Labute approximate surface area is 115 Å². The van der Waals surface area contributed by atoms with E-state index in [4.69, 9.17) is 5.11 Å². The topological polar surface area (TPSA) is 61.9 Å². The van der Waals surface area contributed by atoms with Crippen LogP contribution in [0.3, 0.4) is 0 Å². The van der Waals surface area contributed by atoms with Gasteiger partial charge in [-0.1, -0.05) is 13.0 Å². The molecule has 2 unspecified atom stereocenters. The number of aliphatic carboxylic acids is 1. The lowest BCUT2D eigenvalue weighted by atomic mass is 9.84. The van der Waals surface area contributed by atoms with E-state index in [-0.39, 0.29) is 12.3 Å². The quantitative estimate of drug-likeness (QED) is 0.826. The van der Waals surface area contributed by atoms with Crippen LogP contribution in [-0.2, 0) is 17.6 Å². The smallest absolute Gasteiger partial charge is 0.307 e. The molecule has 1 aliphatic rings. The Morgan fingerprint density at radius 1 is 1.50 bits per heavy atom. The Bertz CT molecular complexity index is 692. The Morgan fingerprint density at radius 2 is 2.25 bits per heavy atom. The van der Waals surface area contributed by atoms with Gasteiger partial charge in [0, 0.05) is 11.6 Å². The molecule has 2 aromatic rings. The molecule has 0 saturated heterocycles. The lowest BCUT2D eigenvalue weighted by Crippen LogP contribution is -2.24. The zero-order valence-electron chi connectivity index (χ0n) is 11.1.